The van der Waals surface area contributed by atoms with Gasteiger partial charge in [-0.15, -0.1) is 0 Å². The fourth-order valence-corrected chi connectivity index (χ4v) is 1.49. The van der Waals surface area contributed by atoms with Crippen LogP contribution >= 0.6 is 11.8 Å². The van der Waals surface area contributed by atoms with Gasteiger partial charge in [0.05, 0.1) is 19.2 Å². The predicted molar refractivity (Wildman–Crippen MR) is 48.6 cm³/mol. The lowest BCUT2D eigenvalue weighted by atomic mass is 10.5. The zero-order chi connectivity index (χ0) is 9.68. The summed E-state index contributed by atoms with van der Waals surface area (Å²) in [4.78, 5) is 14.8. The van der Waals surface area contributed by atoms with Crippen LogP contribution in [0, 0.1) is 6.92 Å². The molecule has 4 nitrogen and oxygen atoms in total. The summed E-state index contributed by atoms with van der Waals surface area (Å²) in [6.07, 6.45) is 1.96. The third kappa shape index (κ3) is 3.50. The molecule has 1 aromatic heterocycles. The normalized spacial score (nSPS) is 10.0. The lowest BCUT2D eigenvalue weighted by molar-refractivity contribution is -0.140. The Balaban J connectivity index is 2.24. The summed E-state index contributed by atoms with van der Waals surface area (Å²) >= 11 is 1.41. The number of esters is 1. The van der Waals surface area contributed by atoms with Crippen LogP contribution in [0.5, 0.6) is 0 Å². The fraction of sp³-hybridized carbons (Fsp3) is 0.500. The minimum Gasteiger partial charge on any atom is -0.469 e. The van der Waals surface area contributed by atoms with E-state index in [0.717, 1.165) is 5.69 Å². The van der Waals surface area contributed by atoms with Crippen LogP contribution in [-0.4, -0.2) is 23.8 Å². The van der Waals surface area contributed by atoms with E-state index in [0.29, 0.717) is 17.4 Å². The summed E-state index contributed by atoms with van der Waals surface area (Å²) < 4.78 is 9.57. The third-order valence-electron chi connectivity index (χ3n) is 1.36. The summed E-state index contributed by atoms with van der Waals surface area (Å²) in [5.41, 5.74) is 0.848. The van der Waals surface area contributed by atoms with E-state index in [-0.39, 0.29) is 5.97 Å². The number of nitrogens with zero attached hydrogens (tertiary/aromatic N) is 1. The van der Waals surface area contributed by atoms with Crippen molar-refractivity contribution in [1.82, 2.24) is 4.98 Å². The molecule has 5 heteroatoms. The molecule has 13 heavy (non-hydrogen) atoms. The molecule has 0 aliphatic heterocycles. The molecular weight excluding hydrogens is 190 g/mol. The molecule has 0 fully saturated rings. The highest BCUT2D eigenvalue weighted by molar-refractivity contribution is 7.99. The molecule has 0 aliphatic carbocycles. The Morgan fingerprint density at radius 3 is 3.08 bits per heavy atom. The van der Waals surface area contributed by atoms with Crippen molar-refractivity contribution in [3.8, 4) is 0 Å². The average Bonchev–Trinajstić information content (AvgIpc) is 2.51. The van der Waals surface area contributed by atoms with Crippen LogP contribution in [0.3, 0.4) is 0 Å². The van der Waals surface area contributed by atoms with Gasteiger partial charge in [-0.25, -0.2) is 4.98 Å². The van der Waals surface area contributed by atoms with E-state index >= 15 is 0 Å². The first-order valence-corrected chi connectivity index (χ1v) is 4.82. The van der Waals surface area contributed by atoms with E-state index in [2.05, 4.69) is 9.72 Å². The van der Waals surface area contributed by atoms with Crippen LogP contribution in [0.1, 0.15) is 12.1 Å². The van der Waals surface area contributed by atoms with E-state index in [1.165, 1.54) is 18.9 Å². The second-order valence-corrected chi connectivity index (χ2v) is 3.48. The number of ether oxygens (including phenoxy) is 1. The van der Waals surface area contributed by atoms with Crippen molar-refractivity contribution < 1.29 is 13.9 Å². The lowest BCUT2D eigenvalue weighted by Crippen LogP contribution is -2.00. The Morgan fingerprint density at radius 2 is 2.54 bits per heavy atom. The molecule has 0 atom stereocenters. The zero-order valence-corrected chi connectivity index (χ0v) is 8.39. The van der Waals surface area contributed by atoms with Crippen LogP contribution in [0.4, 0.5) is 0 Å². The van der Waals surface area contributed by atoms with Crippen LogP contribution in [0.15, 0.2) is 15.9 Å². The second kappa shape index (κ2) is 4.91. The molecule has 0 bridgehead atoms. The molecule has 0 spiro atoms. The van der Waals surface area contributed by atoms with E-state index in [1.807, 2.05) is 6.92 Å². The first-order valence-electron chi connectivity index (χ1n) is 3.84. The Morgan fingerprint density at radius 1 is 1.77 bits per heavy atom. The van der Waals surface area contributed by atoms with Crippen molar-refractivity contribution >= 4 is 17.7 Å². The topological polar surface area (TPSA) is 52.3 Å². The van der Waals surface area contributed by atoms with Gasteiger partial charge in [0.15, 0.2) is 0 Å². The van der Waals surface area contributed by atoms with Crippen molar-refractivity contribution in [1.29, 1.82) is 0 Å². The molecule has 0 saturated heterocycles. The number of carbonyl (C=O) groups excluding carboxylic acids is 1. The van der Waals surface area contributed by atoms with Crippen molar-refractivity contribution in [3.05, 3.63) is 12.0 Å². The van der Waals surface area contributed by atoms with Crippen molar-refractivity contribution in [2.75, 3.05) is 12.9 Å². The molecule has 1 rings (SSSR count). The summed E-state index contributed by atoms with van der Waals surface area (Å²) in [6.45, 7) is 1.86. The molecule has 0 aromatic carbocycles. The van der Waals surface area contributed by atoms with Gasteiger partial charge in [-0.05, 0) is 6.92 Å². The number of aromatic nitrogens is 1. The summed E-state index contributed by atoms with van der Waals surface area (Å²) in [6, 6.07) is 0. The summed E-state index contributed by atoms with van der Waals surface area (Å²) in [7, 11) is 1.38. The number of thioether (sulfide) groups is 1. The Kier molecular flexibility index (Phi) is 3.82. The predicted octanol–water partition coefficient (Wildman–Crippen LogP) is 1.64. The molecule has 0 amide bonds. The average molecular weight is 201 g/mol. The molecule has 0 N–H and O–H groups in total. The summed E-state index contributed by atoms with van der Waals surface area (Å²) in [5.74, 6) is 0.419. The van der Waals surface area contributed by atoms with Gasteiger partial charge in [0.25, 0.3) is 5.22 Å². The quantitative estimate of drug-likeness (QED) is 0.547. The standard InChI is InChI=1S/C8H11NO3S/c1-6-5-12-8(9-6)13-4-3-7(10)11-2/h5H,3-4H2,1-2H3. The van der Waals surface area contributed by atoms with Crippen molar-refractivity contribution in [2.45, 2.75) is 18.6 Å². The molecule has 0 aliphatic rings. The van der Waals surface area contributed by atoms with Crippen molar-refractivity contribution in [2.24, 2.45) is 0 Å². The van der Waals surface area contributed by atoms with Gasteiger partial charge in [-0.1, -0.05) is 11.8 Å². The number of methoxy groups -OCH3 is 1. The van der Waals surface area contributed by atoms with Gasteiger partial charge in [-0.2, -0.15) is 0 Å². The van der Waals surface area contributed by atoms with E-state index in [4.69, 9.17) is 4.42 Å². The minimum atomic E-state index is -0.212. The Hall–Kier alpha value is -0.970. The molecule has 0 unspecified atom stereocenters. The number of oxazole rings is 1. The van der Waals surface area contributed by atoms with E-state index < -0.39 is 0 Å². The number of carbonyl (C=O) groups is 1. The molecule has 1 heterocycles. The Bertz CT molecular complexity index is 285. The maximum Gasteiger partial charge on any atom is 0.306 e. The zero-order valence-electron chi connectivity index (χ0n) is 7.57. The van der Waals surface area contributed by atoms with Gasteiger partial charge in [0.2, 0.25) is 0 Å². The van der Waals surface area contributed by atoms with Crippen LogP contribution < -0.4 is 0 Å². The number of hydrogen-bond acceptors (Lipinski definition) is 5. The third-order valence-corrected chi connectivity index (χ3v) is 2.20. The SMILES string of the molecule is COC(=O)CCSc1nc(C)co1. The van der Waals surface area contributed by atoms with Gasteiger partial charge in [-0.3, -0.25) is 4.79 Å². The molecule has 1 aromatic rings. The number of hydrogen-bond donors (Lipinski definition) is 0. The lowest BCUT2D eigenvalue weighted by Gasteiger charge is -1.95. The largest absolute Gasteiger partial charge is 0.469 e. The van der Waals surface area contributed by atoms with Crippen LogP contribution in [0.2, 0.25) is 0 Å². The van der Waals surface area contributed by atoms with E-state index in [1.54, 1.807) is 6.26 Å². The van der Waals surface area contributed by atoms with Gasteiger partial charge in [0, 0.05) is 5.75 Å². The highest BCUT2D eigenvalue weighted by Crippen LogP contribution is 2.17. The summed E-state index contributed by atoms with van der Waals surface area (Å²) in [5, 5.41) is 0.599. The van der Waals surface area contributed by atoms with Crippen LogP contribution in [0.25, 0.3) is 0 Å². The first-order chi connectivity index (χ1) is 6.22. The van der Waals surface area contributed by atoms with E-state index in [9.17, 15) is 4.79 Å². The molecule has 0 radical (unpaired) electrons. The molecular formula is C8H11NO3S. The molecule has 72 valence electrons. The highest BCUT2D eigenvalue weighted by Gasteiger charge is 2.04. The maximum atomic E-state index is 10.7. The van der Waals surface area contributed by atoms with Gasteiger partial charge in [0.1, 0.15) is 6.26 Å². The van der Waals surface area contributed by atoms with Crippen molar-refractivity contribution in [3.63, 3.8) is 0 Å². The minimum absolute atomic E-state index is 0.212. The fourth-order valence-electron chi connectivity index (χ4n) is 0.722. The van der Waals surface area contributed by atoms with Gasteiger partial charge < -0.3 is 9.15 Å². The highest BCUT2D eigenvalue weighted by atomic mass is 32.2. The molecule has 0 saturated carbocycles. The maximum absolute atomic E-state index is 10.7. The Labute approximate surface area is 80.7 Å². The first kappa shape index (κ1) is 10.1. The number of rotatable bonds is 4. The van der Waals surface area contributed by atoms with Crippen LogP contribution in [-0.2, 0) is 9.53 Å². The number of aryl methyl sites for hydroxylation is 1. The van der Waals surface area contributed by atoms with Gasteiger partial charge >= 0.3 is 5.97 Å². The smallest absolute Gasteiger partial charge is 0.306 e. The monoisotopic (exact) mass is 201 g/mol. The second-order valence-electron chi connectivity index (χ2n) is 2.43.